The smallest absolute Gasteiger partial charge is 0.330 e. The highest BCUT2D eigenvalue weighted by molar-refractivity contribution is 8.01. The predicted molar refractivity (Wildman–Crippen MR) is 101 cm³/mol. The number of nitrogens with zero attached hydrogens (tertiary/aromatic N) is 2. The molecule has 2 aliphatic rings. The van der Waals surface area contributed by atoms with Gasteiger partial charge < -0.3 is 15.0 Å². The molecule has 0 unspecified atom stereocenters. The highest BCUT2D eigenvalue weighted by Gasteiger charge is 2.53. The van der Waals surface area contributed by atoms with Crippen molar-refractivity contribution in [3.63, 3.8) is 0 Å². The molecule has 0 aromatic heterocycles. The summed E-state index contributed by atoms with van der Waals surface area (Å²) in [7, 11) is 0. The van der Waals surface area contributed by atoms with Gasteiger partial charge in [-0.1, -0.05) is 11.6 Å². The van der Waals surface area contributed by atoms with Crippen LogP contribution in [0.1, 0.15) is 32.3 Å². The van der Waals surface area contributed by atoms with Gasteiger partial charge in [-0.05, 0) is 38.5 Å². The molecule has 2 fully saturated rings. The SMILES string of the molecule is C[C@@H](OC(=O)[C@@H]1CS[C@@]2(C)CCC(=O)N12)C(=O)Nc1ccc(C#N)c(Cl)c1. The van der Waals surface area contributed by atoms with E-state index in [0.717, 1.165) is 0 Å². The van der Waals surface area contributed by atoms with E-state index in [2.05, 4.69) is 5.32 Å². The number of benzene rings is 1. The molecule has 0 aliphatic carbocycles. The van der Waals surface area contributed by atoms with E-state index < -0.39 is 24.0 Å². The lowest BCUT2D eigenvalue weighted by atomic mass is 10.2. The zero-order chi connectivity index (χ0) is 19.8. The number of amides is 2. The Morgan fingerprint density at radius 3 is 2.93 bits per heavy atom. The molecule has 2 saturated heterocycles. The van der Waals surface area contributed by atoms with Gasteiger partial charge in [0.2, 0.25) is 5.91 Å². The first-order valence-electron chi connectivity index (χ1n) is 8.42. The van der Waals surface area contributed by atoms with E-state index in [9.17, 15) is 14.4 Å². The Labute approximate surface area is 166 Å². The minimum absolute atomic E-state index is 0.0613. The highest BCUT2D eigenvalue weighted by atomic mass is 35.5. The van der Waals surface area contributed by atoms with Crippen LogP contribution in [0.15, 0.2) is 18.2 Å². The maximum Gasteiger partial charge on any atom is 0.330 e. The van der Waals surface area contributed by atoms with Crippen molar-refractivity contribution in [1.82, 2.24) is 4.90 Å². The van der Waals surface area contributed by atoms with Gasteiger partial charge in [-0.3, -0.25) is 9.59 Å². The van der Waals surface area contributed by atoms with Crippen molar-refractivity contribution in [2.45, 2.75) is 43.7 Å². The summed E-state index contributed by atoms with van der Waals surface area (Å²) in [6.45, 7) is 3.41. The molecule has 27 heavy (non-hydrogen) atoms. The Balaban J connectivity index is 1.61. The Hall–Kier alpha value is -2.24. The van der Waals surface area contributed by atoms with Crippen LogP contribution in [0.25, 0.3) is 0 Å². The summed E-state index contributed by atoms with van der Waals surface area (Å²) < 4.78 is 5.30. The molecule has 1 aromatic rings. The van der Waals surface area contributed by atoms with Crippen LogP contribution in [0.3, 0.4) is 0 Å². The quantitative estimate of drug-likeness (QED) is 0.770. The standard InChI is InChI=1S/C18H18ClN3O4S/c1-10(16(24)21-12-4-3-11(8-20)13(19)7-12)26-17(25)14-9-27-18(2)6-5-15(23)22(14)18/h3-4,7,10,14H,5-6,9H2,1-2H3,(H,21,24)/t10-,14+,18+/m1/s1. The minimum Gasteiger partial charge on any atom is -0.451 e. The number of esters is 1. The van der Waals surface area contributed by atoms with Gasteiger partial charge in [-0.2, -0.15) is 5.26 Å². The maximum absolute atomic E-state index is 12.5. The Kier molecular flexibility index (Phi) is 5.36. The number of rotatable bonds is 4. The van der Waals surface area contributed by atoms with Gasteiger partial charge in [0.15, 0.2) is 6.10 Å². The van der Waals surface area contributed by atoms with Crippen LogP contribution < -0.4 is 5.32 Å². The molecule has 2 heterocycles. The van der Waals surface area contributed by atoms with Crippen molar-refractivity contribution in [3.05, 3.63) is 28.8 Å². The lowest BCUT2D eigenvalue weighted by molar-refractivity contribution is -0.160. The molecule has 0 saturated carbocycles. The van der Waals surface area contributed by atoms with Crippen LogP contribution in [-0.4, -0.2) is 45.5 Å². The molecule has 0 radical (unpaired) electrons. The van der Waals surface area contributed by atoms with Crippen molar-refractivity contribution in [2.24, 2.45) is 0 Å². The van der Waals surface area contributed by atoms with Crippen molar-refractivity contribution >= 4 is 46.8 Å². The zero-order valence-electron chi connectivity index (χ0n) is 14.8. The molecule has 2 aliphatic heterocycles. The zero-order valence-corrected chi connectivity index (χ0v) is 16.4. The van der Waals surface area contributed by atoms with E-state index in [-0.39, 0.29) is 15.8 Å². The molecule has 1 N–H and O–H groups in total. The number of thioether (sulfide) groups is 1. The average molecular weight is 408 g/mol. The fourth-order valence-corrected chi connectivity index (χ4v) is 4.87. The van der Waals surface area contributed by atoms with Gasteiger partial charge in [0, 0.05) is 17.9 Å². The monoisotopic (exact) mass is 407 g/mol. The fourth-order valence-electron chi connectivity index (χ4n) is 3.23. The summed E-state index contributed by atoms with van der Waals surface area (Å²) in [5.41, 5.74) is 0.692. The van der Waals surface area contributed by atoms with E-state index in [1.54, 1.807) is 22.7 Å². The van der Waals surface area contributed by atoms with E-state index in [1.165, 1.54) is 19.1 Å². The Morgan fingerprint density at radius 2 is 2.26 bits per heavy atom. The van der Waals surface area contributed by atoms with E-state index in [1.807, 2.05) is 13.0 Å². The van der Waals surface area contributed by atoms with Crippen molar-refractivity contribution in [2.75, 3.05) is 11.1 Å². The van der Waals surface area contributed by atoms with Crippen LogP contribution in [-0.2, 0) is 19.1 Å². The molecule has 0 spiro atoms. The molecule has 7 nitrogen and oxygen atoms in total. The van der Waals surface area contributed by atoms with Gasteiger partial charge >= 0.3 is 5.97 Å². The van der Waals surface area contributed by atoms with Crippen LogP contribution in [0.4, 0.5) is 5.69 Å². The van der Waals surface area contributed by atoms with E-state index in [0.29, 0.717) is 29.8 Å². The molecular formula is C18H18ClN3O4S. The minimum atomic E-state index is -1.04. The number of halogens is 1. The van der Waals surface area contributed by atoms with Crippen molar-refractivity contribution in [1.29, 1.82) is 5.26 Å². The average Bonchev–Trinajstić information content (AvgIpc) is 3.11. The largest absolute Gasteiger partial charge is 0.451 e. The van der Waals surface area contributed by atoms with E-state index in [4.69, 9.17) is 21.6 Å². The molecular weight excluding hydrogens is 390 g/mol. The number of carbonyl (C=O) groups excluding carboxylic acids is 3. The lowest BCUT2D eigenvalue weighted by Crippen LogP contribution is -2.48. The number of ether oxygens (including phenoxy) is 1. The van der Waals surface area contributed by atoms with Crippen molar-refractivity contribution < 1.29 is 19.1 Å². The predicted octanol–water partition coefficient (Wildman–Crippen LogP) is 2.54. The topological polar surface area (TPSA) is 99.5 Å². The van der Waals surface area contributed by atoms with Gasteiger partial charge in [0.25, 0.3) is 5.91 Å². The number of anilines is 1. The molecule has 3 atom stereocenters. The summed E-state index contributed by atoms with van der Waals surface area (Å²) in [5, 5.41) is 11.7. The molecule has 9 heteroatoms. The lowest BCUT2D eigenvalue weighted by Gasteiger charge is -2.29. The van der Waals surface area contributed by atoms with Gasteiger partial charge in [0.1, 0.15) is 12.1 Å². The number of hydrogen-bond acceptors (Lipinski definition) is 6. The first-order valence-corrected chi connectivity index (χ1v) is 9.78. The number of hydrogen-bond donors (Lipinski definition) is 1. The van der Waals surface area contributed by atoms with Gasteiger partial charge in [-0.15, -0.1) is 11.8 Å². The molecule has 1 aromatic carbocycles. The normalized spacial score (nSPS) is 24.9. The van der Waals surface area contributed by atoms with Crippen LogP contribution in [0.5, 0.6) is 0 Å². The maximum atomic E-state index is 12.5. The third-order valence-electron chi connectivity index (χ3n) is 4.74. The summed E-state index contributed by atoms with van der Waals surface area (Å²) >= 11 is 7.50. The highest BCUT2D eigenvalue weighted by Crippen LogP contribution is 2.47. The van der Waals surface area contributed by atoms with E-state index >= 15 is 0 Å². The molecule has 0 bridgehead atoms. The molecule has 2 amide bonds. The Morgan fingerprint density at radius 1 is 1.52 bits per heavy atom. The third kappa shape index (κ3) is 3.75. The first kappa shape index (κ1) is 19.5. The second-order valence-electron chi connectivity index (χ2n) is 6.64. The first-order chi connectivity index (χ1) is 12.7. The third-order valence-corrected chi connectivity index (χ3v) is 6.55. The summed E-state index contributed by atoms with van der Waals surface area (Å²) in [6.07, 6.45) is 0.0833. The van der Waals surface area contributed by atoms with Crippen LogP contribution >= 0.6 is 23.4 Å². The Bertz CT molecular complexity index is 855. The summed E-state index contributed by atoms with van der Waals surface area (Å²) in [4.78, 5) is 38.1. The number of carbonyl (C=O) groups is 3. The number of fused-ring (bicyclic) bond motifs is 1. The fraction of sp³-hybridized carbons (Fsp3) is 0.444. The number of nitriles is 1. The molecule has 142 valence electrons. The van der Waals surface area contributed by atoms with Gasteiger partial charge in [0.05, 0.1) is 15.5 Å². The number of nitrogens with one attached hydrogen (secondary N) is 1. The van der Waals surface area contributed by atoms with Gasteiger partial charge in [-0.25, -0.2) is 4.79 Å². The second kappa shape index (κ2) is 7.41. The summed E-state index contributed by atoms with van der Waals surface area (Å²) in [6, 6.07) is 5.74. The summed E-state index contributed by atoms with van der Waals surface area (Å²) in [5.74, 6) is -0.707. The van der Waals surface area contributed by atoms with Crippen LogP contribution in [0, 0.1) is 11.3 Å². The van der Waals surface area contributed by atoms with Crippen LogP contribution in [0.2, 0.25) is 5.02 Å². The second-order valence-corrected chi connectivity index (χ2v) is 8.55. The van der Waals surface area contributed by atoms with Crippen molar-refractivity contribution in [3.8, 4) is 6.07 Å². The molecule has 3 rings (SSSR count).